The summed E-state index contributed by atoms with van der Waals surface area (Å²) >= 11 is 9.33. The van der Waals surface area contributed by atoms with Crippen LogP contribution in [0.5, 0.6) is 5.75 Å². The second kappa shape index (κ2) is 8.27. The van der Waals surface area contributed by atoms with E-state index in [9.17, 15) is 9.90 Å². The molecule has 0 bridgehead atoms. The highest BCUT2D eigenvalue weighted by atomic mass is 35.5. The number of rotatable bonds is 5. The molecule has 2 N–H and O–H groups in total. The van der Waals surface area contributed by atoms with Gasteiger partial charge in [0.2, 0.25) is 0 Å². The minimum Gasteiger partial charge on any atom is -0.493 e. The number of aliphatic hydroxyl groups is 1. The van der Waals surface area contributed by atoms with E-state index in [-0.39, 0.29) is 17.4 Å². The minimum absolute atomic E-state index is 0.0401. The Labute approximate surface area is 178 Å². The van der Waals surface area contributed by atoms with Crippen LogP contribution in [0.1, 0.15) is 47.5 Å². The van der Waals surface area contributed by atoms with E-state index in [2.05, 4.69) is 29.6 Å². The molecule has 0 saturated heterocycles. The standard InChI is InChI=1S/C21H24ClNO3S2/c1-26-18-15(10-28-19(18)22)20(25)23-12-21(8-6-13(24)7-9-21)16-11-27-17-5-3-2-4-14(16)17/h2-5,10,13,16,24H,6-9,11-12H2,1H3,(H,23,25). The number of amides is 1. The minimum atomic E-state index is -0.232. The second-order valence-electron chi connectivity index (χ2n) is 7.63. The van der Waals surface area contributed by atoms with Gasteiger partial charge in [-0.25, -0.2) is 0 Å². The second-order valence-corrected chi connectivity index (χ2v) is 10.2. The Kier molecular flexibility index (Phi) is 5.93. The van der Waals surface area contributed by atoms with Crippen molar-refractivity contribution in [3.8, 4) is 5.75 Å². The Morgan fingerprint density at radius 1 is 1.36 bits per heavy atom. The summed E-state index contributed by atoms with van der Waals surface area (Å²) in [6, 6.07) is 8.58. The number of thioether (sulfide) groups is 1. The zero-order chi connectivity index (χ0) is 19.7. The molecule has 1 aliphatic heterocycles. The number of hydrogen-bond acceptors (Lipinski definition) is 5. The molecule has 28 heavy (non-hydrogen) atoms. The molecule has 1 fully saturated rings. The van der Waals surface area contributed by atoms with Gasteiger partial charge in [0.05, 0.1) is 18.8 Å². The summed E-state index contributed by atoms with van der Waals surface area (Å²) in [4.78, 5) is 14.2. The van der Waals surface area contributed by atoms with Gasteiger partial charge in [-0.05, 0) is 42.7 Å². The lowest BCUT2D eigenvalue weighted by Crippen LogP contribution is -2.45. The summed E-state index contributed by atoms with van der Waals surface area (Å²) in [5.74, 6) is 1.71. The number of thiophene rings is 1. The average molecular weight is 438 g/mol. The molecule has 1 atom stereocenters. The molecule has 1 aromatic heterocycles. The van der Waals surface area contributed by atoms with E-state index in [1.807, 2.05) is 11.8 Å². The molecule has 2 heterocycles. The quantitative estimate of drug-likeness (QED) is 0.694. The molecule has 0 radical (unpaired) electrons. The number of carbonyl (C=O) groups is 1. The van der Waals surface area contributed by atoms with E-state index in [0.29, 0.717) is 28.1 Å². The van der Waals surface area contributed by atoms with E-state index < -0.39 is 0 Å². The summed E-state index contributed by atoms with van der Waals surface area (Å²) in [5, 5.41) is 15.0. The zero-order valence-electron chi connectivity index (χ0n) is 15.7. The summed E-state index contributed by atoms with van der Waals surface area (Å²) in [7, 11) is 1.53. The normalized spacial score (nSPS) is 26.7. The van der Waals surface area contributed by atoms with Gasteiger partial charge >= 0.3 is 0 Å². The first-order valence-corrected chi connectivity index (χ1v) is 11.8. The van der Waals surface area contributed by atoms with Crippen LogP contribution in [0, 0.1) is 5.41 Å². The summed E-state index contributed by atoms with van der Waals surface area (Å²) < 4.78 is 5.79. The molecular weight excluding hydrogens is 414 g/mol. The fourth-order valence-corrected chi connectivity index (χ4v) is 7.00. The first-order valence-electron chi connectivity index (χ1n) is 9.53. The van der Waals surface area contributed by atoms with Crippen LogP contribution < -0.4 is 10.1 Å². The van der Waals surface area contributed by atoms with Crippen LogP contribution in [0.4, 0.5) is 0 Å². The van der Waals surface area contributed by atoms with Gasteiger partial charge in [-0.15, -0.1) is 23.1 Å². The number of aliphatic hydroxyl groups excluding tert-OH is 1. The number of ether oxygens (including phenoxy) is 1. The van der Waals surface area contributed by atoms with Crippen molar-refractivity contribution in [2.45, 2.75) is 42.6 Å². The fraction of sp³-hybridized carbons (Fsp3) is 0.476. The molecule has 1 unspecified atom stereocenters. The van der Waals surface area contributed by atoms with Gasteiger partial charge in [0.25, 0.3) is 5.91 Å². The Morgan fingerprint density at radius 3 is 2.86 bits per heavy atom. The SMILES string of the molecule is COc1c(C(=O)NCC2(C3CSc4ccccc43)CCC(O)CC2)csc1Cl. The molecule has 7 heteroatoms. The third kappa shape index (κ3) is 3.67. The van der Waals surface area contributed by atoms with Crippen molar-refractivity contribution in [3.05, 3.63) is 45.1 Å². The number of halogens is 1. The van der Waals surface area contributed by atoms with Gasteiger partial charge in [0, 0.05) is 28.5 Å². The molecule has 1 amide bonds. The van der Waals surface area contributed by atoms with E-state index in [0.717, 1.165) is 31.4 Å². The molecule has 4 nitrogen and oxygen atoms in total. The lowest BCUT2D eigenvalue weighted by Gasteiger charge is -2.44. The lowest BCUT2D eigenvalue weighted by molar-refractivity contribution is 0.0482. The number of hydrogen-bond donors (Lipinski definition) is 2. The van der Waals surface area contributed by atoms with E-state index in [1.54, 1.807) is 5.38 Å². The number of fused-ring (bicyclic) bond motifs is 1. The smallest absolute Gasteiger partial charge is 0.255 e. The van der Waals surface area contributed by atoms with Crippen molar-refractivity contribution < 1.29 is 14.6 Å². The van der Waals surface area contributed by atoms with Crippen LogP contribution in [-0.2, 0) is 0 Å². The van der Waals surface area contributed by atoms with Crippen LogP contribution in [0.2, 0.25) is 4.34 Å². The van der Waals surface area contributed by atoms with Crippen LogP contribution in [0.3, 0.4) is 0 Å². The largest absolute Gasteiger partial charge is 0.493 e. The van der Waals surface area contributed by atoms with Gasteiger partial charge in [-0.1, -0.05) is 29.8 Å². The van der Waals surface area contributed by atoms with Crippen molar-refractivity contribution in [2.75, 3.05) is 19.4 Å². The highest BCUT2D eigenvalue weighted by Gasteiger charge is 2.45. The molecule has 2 aliphatic rings. The van der Waals surface area contributed by atoms with Gasteiger partial charge in [0.1, 0.15) is 4.34 Å². The average Bonchev–Trinajstić information content (AvgIpc) is 3.31. The monoisotopic (exact) mass is 437 g/mol. The summed E-state index contributed by atoms with van der Waals surface area (Å²) in [6.45, 7) is 0.592. The van der Waals surface area contributed by atoms with Crippen LogP contribution in [-0.4, -0.2) is 36.5 Å². The maximum Gasteiger partial charge on any atom is 0.255 e. The Morgan fingerprint density at radius 2 is 2.11 bits per heavy atom. The maximum atomic E-state index is 12.8. The van der Waals surface area contributed by atoms with Crippen LogP contribution in [0.15, 0.2) is 34.5 Å². The highest BCUT2D eigenvalue weighted by Crippen LogP contribution is 2.54. The van der Waals surface area contributed by atoms with Crippen molar-refractivity contribution in [1.82, 2.24) is 5.32 Å². The molecule has 1 aliphatic carbocycles. The maximum absolute atomic E-state index is 12.8. The van der Waals surface area contributed by atoms with Gasteiger partial charge in [-0.3, -0.25) is 4.79 Å². The van der Waals surface area contributed by atoms with Crippen molar-refractivity contribution in [1.29, 1.82) is 0 Å². The van der Waals surface area contributed by atoms with Crippen LogP contribution >= 0.6 is 34.7 Å². The van der Waals surface area contributed by atoms with Gasteiger partial charge in [0.15, 0.2) is 5.75 Å². The van der Waals surface area contributed by atoms with Crippen molar-refractivity contribution in [2.24, 2.45) is 5.41 Å². The van der Waals surface area contributed by atoms with Gasteiger partial charge in [-0.2, -0.15) is 0 Å². The van der Waals surface area contributed by atoms with Gasteiger partial charge < -0.3 is 15.2 Å². The number of methoxy groups -OCH3 is 1. The molecule has 0 spiro atoms. The Bertz CT molecular complexity index is 861. The molecule has 4 rings (SSSR count). The summed E-state index contributed by atoms with van der Waals surface area (Å²) in [5.41, 5.74) is 1.83. The molecule has 150 valence electrons. The van der Waals surface area contributed by atoms with Crippen LogP contribution in [0.25, 0.3) is 0 Å². The fourth-order valence-electron chi connectivity index (χ4n) is 4.52. The Balaban J connectivity index is 1.57. The first-order chi connectivity index (χ1) is 13.5. The molecular formula is C21H24ClNO3S2. The molecule has 1 saturated carbocycles. The Hall–Kier alpha value is -1.21. The van der Waals surface area contributed by atoms with Crippen molar-refractivity contribution >= 4 is 40.6 Å². The molecule has 1 aromatic carbocycles. The third-order valence-corrected chi connectivity index (χ3v) is 8.51. The van der Waals surface area contributed by atoms with E-state index >= 15 is 0 Å². The lowest BCUT2D eigenvalue weighted by atomic mass is 9.63. The number of nitrogens with one attached hydrogen (secondary N) is 1. The van der Waals surface area contributed by atoms with E-state index in [4.69, 9.17) is 16.3 Å². The zero-order valence-corrected chi connectivity index (χ0v) is 18.1. The van der Waals surface area contributed by atoms with Crippen molar-refractivity contribution in [3.63, 3.8) is 0 Å². The summed E-state index contributed by atoms with van der Waals surface area (Å²) in [6.07, 6.45) is 3.16. The highest BCUT2D eigenvalue weighted by molar-refractivity contribution is 7.99. The van der Waals surface area contributed by atoms with E-state index in [1.165, 1.54) is 28.9 Å². The predicted molar refractivity (Wildman–Crippen MR) is 115 cm³/mol. The predicted octanol–water partition coefficient (Wildman–Crippen LogP) is 4.95. The third-order valence-electron chi connectivity index (χ3n) is 6.14. The first kappa shape index (κ1) is 20.1. The molecule has 2 aromatic rings. The number of benzene rings is 1. The topological polar surface area (TPSA) is 58.6 Å². The number of carbonyl (C=O) groups excluding carboxylic acids is 1.